The van der Waals surface area contributed by atoms with Crippen molar-refractivity contribution in [3.05, 3.63) is 28.8 Å². The lowest BCUT2D eigenvalue weighted by molar-refractivity contribution is -0.131. The van der Waals surface area contributed by atoms with Gasteiger partial charge in [-0.3, -0.25) is 4.79 Å². The van der Waals surface area contributed by atoms with E-state index in [-0.39, 0.29) is 5.91 Å². The quantitative estimate of drug-likeness (QED) is 0.916. The van der Waals surface area contributed by atoms with Crippen LogP contribution in [-0.2, 0) is 4.79 Å². The van der Waals surface area contributed by atoms with Gasteiger partial charge in [0.2, 0.25) is 5.91 Å². The van der Waals surface area contributed by atoms with Crippen molar-refractivity contribution in [3.8, 4) is 0 Å². The number of aryl methyl sites for hydroxylation is 1. The van der Waals surface area contributed by atoms with E-state index in [1.165, 1.54) is 6.42 Å². The molecule has 0 aliphatic carbocycles. The predicted octanol–water partition coefficient (Wildman–Crippen LogP) is 3.46. The van der Waals surface area contributed by atoms with E-state index in [4.69, 9.17) is 11.6 Å². The number of amides is 1. The van der Waals surface area contributed by atoms with Crippen molar-refractivity contribution in [1.82, 2.24) is 4.90 Å². The Bertz CT molecular complexity index is 442. The Morgan fingerprint density at radius 1 is 1.32 bits per heavy atom. The minimum Gasteiger partial charge on any atom is -0.384 e. The first-order chi connectivity index (χ1) is 9.16. The highest BCUT2D eigenvalue weighted by Gasteiger charge is 2.15. The van der Waals surface area contributed by atoms with E-state index in [0.717, 1.165) is 42.2 Å². The Kier molecular flexibility index (Phi) is 5.08. The largest absolute Gasteiger partial charge is 0.384 e. The summed E-state index contributed by atoms with van der Waals surface area (Å²) in [6.45, 7) is 4.55. The SMILES string of the molecule is Cc1cc(Cl)ccc1NCCC(=O)N1CCCCC1. The second-order valence-electron chi connectivity index (χ2n) is 5.08. The van der Waals surface area contributed by atoms with Gasteiger partial charge >= 0.3 is 0 Å². The summed E-state index contributed by atoms with van der Waals surface area (Å²) < 4.78 is 0. The van der Waals surface area contributed by atoms with Crippen molar-refractivity contribution < 1.29 is 4.79 Å². The maximum Gasteiger partial charge on any atom is 0.224 e. The van der Waals surface area contributed by atoms with Gasteiger partial charge in [0.15, 0.2) is 0 Å². The number of piperidine rings is 1. The second kappa shape index (κ2) is 6.80. The van der Waals surface area contributed by atoms with Gasteiger partial charge in [0.1, 0.15) is 0 Å². The number of likely N-dealkylation sites (tertiary alicyclic amines) is 1. The van der Waals surface area contributed by atoms with Gasteiger partial charge in [0, 0.05) is 36.8 Å². The molecule has 2 rings (SSSR count). The average Bonchev–Trinajstić information content (AvgIpc) is 2.42. The van der Waals surface area contributed by atoms with Gasteiger partial charge in [0.25, 0.3) is 0 Å². The zero-order valence-electron chi connectivity index (χ0n) is 11.4. The van der Waals surface area contributed by atoms with Gasteiger partial charge in [-0.1, -0.05) is 11.6 Å². The fraction of sp³-hybridized carbons (Fsp3) is 0.533. The van der Waals surface area contributed by atoms with Gasteiger partial charge in [0.05, 0.1) is 0 Å². The first-order valence-corrected chi connectivity index (χ1v) is 7.32. The van der Waals surface area contributed by atoms with Crippen molar-refractivity contribution in [2.24, 2.45) is 0 Å². The summed E-state index contributed by atoms with van der Waals surface area (Å²) in [6.07, 6.45) is 4.11. The molecule has 19 heavy (non-hydrogen) atoms. The summed E-state index contributed by atoms with van der Waals surface area (Å²) in [5.74, 6) is 0.263. The summed E-state index contributed by atoms with van der Waals surface area (Å²) in [4.78, 5) is 14.0. The number of halogens is 1. The summed E-state index contributed by atoms with van der Waals surface area (Å²) in [5.41, 5.74) is 2.16. The number of hydrogen-bond donors (Lipinski definition) is 1. The molecule has 0 unspecified atom stereocenters. The molecule has 0 saturated carbocycles. The minimum absolute atomic E-state index is 0.263. The number of rotatable bonds is 4. The maximum absolute atomic E-state index is 12.0. The Balaban J connectivity index is 1.78. The number of carbonyl (C=O) groups is 1. The van der Waals surface area contributed by atoms with Crippen LogP contribution in [0.4, 0.5) is 5.69 Å². The molecular formula is C15H21ClN2O. The van der Waals surface area contributed by atoms with E-state index >= 15 is 0 Å². The van der Waals surface area contributed by atoms with Gasteiger partial charge < -0.3 is 10.2 Å². The van der Waals surface area contributed by atoms with Crippen LogP contribution in [0.15, 0.2) is 18.2 Å². The zero-order valence-corrected chi connectivity index (χ0v) is 12.2. The molecule has 1 fully saturated rings. The Hall–Kier alpha value is -1.22. The standard InChI is InChI=1S/C15H21ClN2O/c1-12-11-13(16)5-6-14(12)17-8-7-15(19)18-9-3-2-4-10-18/h5-6,11,17H,2-4,7-10H2,1H3. The molecule has 1 amide bonds. The van der Waals surface area contributed by atoms with Gasteiger partial charge in [-0.25, -0.2) is 0 Å². The topological polar surface area (TPSA) is 32.3 Å². The fourth-order valence-electron chi connectivity index (χ4n) is 2.43. The van der Waals surface area contributed by atoms with Crippen LogP contribution >= 0.6 is 11.6 Å². The van der Waals surface area contributed by atoms with Crippen LogP contribution in [0.25, 0.3) is 0 Å². The van der Waals surface area contributed by atoms with Crippen molar-refractivity contribution in [1.29, 1.82) is 0 Å². The zero-order chi connectivity index (χ0) is 13.7. The molecule has 4 heteroatoms. The number of hydrogen-bond acceptors (Lipinski definition) is 2. The van der Waals surface area contributed by atoms with Crippen LogP contribution in [0.5, 0.6) is 0 Å². The summed E-state index contributed by atoms with van der Waals surface area (Å²) in [5, 5.41) is 4.05. The molecule has 0 aromatic heterocycles. The lowest BCUT2D eigenvalue weighted by atomic mass is 10.1. The molecule has 1 saturated heterocycles. The number of nitrogens with zero attached hydrogens (tertiary/aromatic N) is 1. The number of carbonyl (C=O) groups excluding carboxylic acids is 1. The van der Waals surface area contributed by atoms with Crippen LogP contribution < -0.4 is 5.32 Å². The lowest BCUT2D eigenvalue weighted by Crippen LogP contribution is -2.36. The van der Waals surface area contributed by atoms with E-state index < -0.39 is 0 Å². The van der Waals surface area contributed by atoms with Crippen LogP contribution in [0.1, 0.15) is 31.2 Å². The molecule has 1 aromatic rings. The number of nitrogens with one attached hydrogen (secondary N) is 1. The van der Waals surface area contributed by atoms with Crippen LogP contribution in [-0.4, -0.2) is 30.4 Å². The molecule has 0 radical (unpaired) electrons. The van der Waals surface area contributed by atoms with Crippen LogP contribution in [0.2, 0.25) is 5.02 Å². The van der Waals surface area contributed by atoms with Gasteiger partial charge in [-0.15, -0.1) is 0 Å². The molecule has 1 aliphatic heterocycles. The van der Waals surface area contributed by atoms with E-state index in [0.29, 0.717) is 13.0 Å². The lowest BCUT2D eigenvalue weighted by Gasteiger charge is -2.26. The van der Waals surface area contributed by atoms with Crippen molar-refractivity contribution in [3.63, 3.8) is 0 Å². The van der Waals surface area contributed by atoms with E-state index in [1.54, 1.807) is 0 Å². The molecule has 1 aromatic carbocycles. The number of benzene rings is 1. The third-order valence-corrected chi connectivity index (χ3v) is 3.79. The minimum atomic E-state index is 0.263. The van der Waals surface area contributed by atoms with Crippen LogP contribution in [0, 0.1) is 6.92 Å². The number of anilines is 1. The molecule has 1 N–H and O–H groups in total. The third kappa shape index (κ3) is 4.13. The Morgan fingerprint density at radius 2 is 2.05 bits per heavy atom. The van der Waals surface area contributed by atoms with Crippen LogP contribution in [0.3, 0.4) is 0 Å². The molecule has 104 valence electrons. The molecule has 3 nitrogen and oxygen atoms in total. The van der Waals surface area contributed by atoms with E-state index in [1.807, 2.05) is 30.0 Å². The first-order valence-electron chi connectivity index (χ1n) is 6.94. The Morgan fingerprint density at radius 3 is 2.74 bits per heavy atom. The molecule has 0 bridgehead atoms. The average molecular weight is 281 g/mol. The highest BCUT2D eigenvalue weighted by Crippen LogP contribution is 2.19. The monoisotopic (exact) mass is 280 g/mol. The maximum atomic E-state index is 12.0. The van der Waals surface area contributed by atoms with Crippen molar-refractivity contribution in [2.75, 3.05) is 25.0 Å². The molecular weight excluding hydrogens is 260 g/mol. The second-order valence-corrected chi connectivity index (χ2v) is 5.51. The summed E-state index contributed by atoms with van der Waals surface area (Å²) in [6, 6.07) is 5.75. The smallest absolute Gasteiger partial charge is 0.224 e. The highest BCUT2D eigenvalue weighted by atomic mass is 35.5. The first kappa shape index (κ1) is 14.2. The molecule has 1 aliphatic rings. The summed E-state index contributed by atoms with van der Waals surface area (Å²) >= 11 is 5.91. The fourth-order valence-corrected chi connectivity index (χ4v) is 2.66. The predicted molar refractivity (Wildman–Crippen MR) is 79.7 cm³/mol. The third-order valence-electron chi connectivity index (χ3n) is 3.55. The van der Waals surface area contributed by atoms with Gasteiger partial charge in [-0.2, -0.15) is 0 Å². The van der Waals surface area contributed by atoms with Crippen molar-refractivity contribution in [2.45, 2.75) is 32.6 Å². The van der Waals surface area contributed by atoms with E-state index in [9.17, 15) is 4.79 Å². The normalized spacial score (nSPS) is 15.4. The molecule has 0 spiro atoms. The molecule has 1 heterocycles. The highest BCUT2D eigenvalue weighted by molar-refractivity contribution is 6.30. The van der Waals surface area contributed by atoms with E-state index in [2.05, 4.69) is 5.32 Å². The Labute approximate surface area is 119 Å². The van der Waals surface area contributed by atoms with Crippen molar-refractivity contribution >= 4 is 23.2 Å². The summed E-state index contributed by atoms with van der Waals surface area (Å²) in [7, 11) is 0. The molecule has 0 atom stereocenters. The van der Waals surface area contributed by atoms with Gasteiger partial charge in [-0.05, 0) is 49.9 Å².